The van der Waals surface area contributed by atoms with Gasteiger partial charge in [-0.2, -0.15) is 5.10 Å². The smallest absolute Gasteiger partial charge is 0.342 e. The monoisotopic (exact) mass is 422 g/mol. The standard InChI is InChI=1S/C21H18N4O4S/c1-14-10-18(24-29-14)22-19(26)13-28-21(27)16-12-25(11-15-6-3-2-4-7-15)23-20(16)17-8-5-9-30-17/h2-10,12H,11,13H2,1H3,(H,22,24,26). The van der Waals surface area contributed by atoms with Crippen LogP contribution >= 0.6 is 11.3 Å². The molecule has 1 aromatic carbocycles. The van der Waals surface area contributed by atoms with Crippen molar-refractivity contribution < 1.29 is 18.8 Å². The van der Waals surface area contributed by atoms with E-state index in [1.807, 2.05) is 47.8 Å². The molecule has 0 fully saturated rings. The lowest BCUT2D eigenvalue weighted by atomic mass is 10.2. The summed E-state index contributed by atoms with van der Waals surface area (Å²) in [4.78, 5) is 25.6. The molecule has 152 valence electrons. The van der Waals surface area contributed by atoms with Crippen LogP contribution in [0.25, 0.3) is 10.6 Å². The minimum absolute atomic E-state index is 0.267. The zero-order chi connectivity index (χ0) is 20.9. The van der Waals surface area contributed by atoms with E-state index in [0.717, 1.165) is 10.4 Å². The van der Waals surface area contributed by atoms with E-state index in [-0.39, 0.29) is 5.82 Å². The number of rotatable bonds is 7. The van der Waals surface area contributed by atoms with E-state index in [1.165, 1.54) is 11.3 Å². The fraction of sp³-hybridized carbons (Fsp3) is 0.143. The molecule has 0 spiro atoms. The Bertz CT molecular complexity index is 1150. The van der Waals surface area contributed by atoms with Gasteiger partial charge in [0.2, 0.25) is 0 Å². The Kier molecular flexibility index (Phi) is 5.71. The fourth-order valence-electron chi connectivity index (χ4n) is 2.83. The maximum atomic E-state index is 12.7. The molecule has 0 aliphatic rings. The van der Waals surface area contributed by atoms with Crippen molar-refractivity contribution in [1.82, 2.24) is 14.9 Å². The molecule has 8 nitrogen and oxygen atoms in total. The van der Waals surface area contributed by atoms with Gasteiger partial charge in [-0.1, -0.05) is 41.6 Å². The molecule has 0 radical (unpaired) electrons. The van der Waals surface area contributed by atoms with Crippen molar-refractivity contribution in [2.24, 2.45) is 0 Å². The fourth-order valence-corrected chi connectivity index (χ4v) is 3.55. The number of hydrogen-bond donors (Lipinski definition) is 1. The van der Waals surface area contributed by atoms with Crippen LogP contribution in [0.4, 0.5) is 5.82 Å². The third-order valence-electron chi connectivity index (χ3n) is 4.15. The summed E-state index contributed by atoms with van der Waals surface area (Å²) in [7, 11) is 0. The van der Waals surface area contributed by atoms with Crippen molar-refractivity contribution in [3.8, 4) is 10.6 Å². The van der Waals surface area contributed by atoms with Crippen molar-refractivity contribution in [3.63, 3.8) is 0 Å². The second-order valence-corrected chi connectivity index (χ2v) is 7.45. The molecule has 0 atom stereocenters. The third kappa shape index (κ3) is 4.64. The summed E-state index contributed by atoms with van der Waals surface area (Å²) in [5.41, 5.74) is 1.89. The SMILES string of the molecule is Cc1cc(NC(=O)COC(=O)c2cn(Cc3ccccc3)nc2-c2cccs2)no1. The number of aromatic nitrogens is 3. The van der Waals surface area contributed by atoms with Gasteiger partial charge in [0.05, 0.1) is 11.4 Å². The van der Waals surface area contributed by atoms with Crippen LogP contribution in [0.5, 0.6) is 0 Å². The molecule has 0 saturated heterocycles. The number of thiophene rings is 1. The van der Waals surface area contributed by atoms with Crippen LogP contribution in [0.15, 0.2) is 64.6 Å². The van der Waals surface area contributed by atoms with Gasteiger partial charge in [-0.25, -0.2) is 4.79 Å². The van der Waals surface area contributed by atoms with Crippen LogP contribution in [0.1, 0.15) is 21.7 Å². The number of hydrogen-bond acceptors (Lipinski definition) is 7. The minimum Gasteiger partial charge on any atom is -0.452 e. The first-order chi connectivity index (χ1) is 14.6. The molecule has 30 heavy (non-hydrogen) atoms. The molecule has 0 unspecified atom stereocenters. The van der Waals surface area contributed by atoms with E-state index in [0.29, 0.717) is 23.6 Å². The lowest BCUT2D eigenvalue weighted by molar-refractivity contribution is -0.119. The number of anilines is 1. The van der Waals surface area contributed by atoms with Gasteiger partial charge >= 0.3 is 5.97 Å². The number of esters is 1. The largest absolute Gasteiger partial charge is 0.452 e. The van der Waals surface area contributed by atoms with Gasteiger partial charge in [0.1, 0.15) is 17.0 Å². The number of ether oxygens (including phenoxy) is 1. The zero-order valence-electron chi connectivity index (χ0n) is 16.1. The lowest BCUT2D eigenvalue weighted by Gasteiger charge is -2.04. The molecular formula is C21H18N4O4S. The average Bonchev–Trinajstić information content (AvgIpc) is 3.48. The molecule has 3 heterocycles. The van der Waals surface area contributed by atoms with E-state index in [2.05, 4.69) is 15.6 Å². The van der Waals surface area contributed by atoms with Crippen LogP contribution in [0.2, 0.25) is 0 Å². The van der Waals surface area contributed by atoms with Crippen LogP contribution < -0.4 is 5.32 Å². The van der Waals surface area contributed by atoms with E-state index in [1.54, 1.807) is 23.9 Å². The number of benzene rings is 1. The van der Waals surface area contributed by atoms with Crippen molar-refractivity contribution in [2.75, 3.05) is 11.9 Å². The number of amides is 1. The van der Waals surface area contributed by atoms with Gasteiger partial charge in [0.25, 0.3) is 5.91 Å². The number of nitrogens with zero attached hydrogens (tertiary/aromatic N) is 3. The highest BCUT2D eigenvalue weighted by Gasteiger charge is 2.21. The number of carbonyl (C=O) groups is 2. The Morgan fingerprint density at radius 2 is 2.03 bits per heavy atom. The Balaban J connectivity index is 1.48. The van der Waals surface area contributed by atoms with Gasteiger partial charge < -0.3 is 14.6 Å². The number of carbonyl (C=O) groups excluding carboxylic acids is 2. The van der Waals surface area contributed by atoms with Crippen LogP contribution in [-0.4, -0.2) is 33.4 Å². The van der Waals surface area contributed by atoms with Crippen molar-refractivity contribution in [1.29, 1.82) is 0 Å². The van der Waals surface area contributed by atoms with Gasteiger partial charge in [-0.05, 0) is 23.9 Å². The first-order valence-electron chi connectivity index (χ1n) is 9.14. The second kappa shape index (κ2) is 8.75. The molecule has 0 aliphatic heterocycles. The van der Waals surface area contributed by atoms with Crippen molar-refractivity contribution in [3.05, 3.63) is 77.0 Å². The van der Waals surface area contributed by atoms with E-state index < -0.39 is 18.5 Å². The maximum absolute atomic E-state index is 12.7. The predicted octanol–water partition coefficient (Wildman–Crippen LogP) is 3.75. The molecule has 4 rings (SSSR count). The maximum Gasteiger partial charge on any atom is 0.342 e. The molecule has 1 N–H and O–H groups in total. The molecule has 0 aliphatic carbocycles. The molecule has 0 saturated carbocycles. The Labute approximate surface area is 176 Å². The second-order valence-electron chi connectivity index (χ2n) is 6.50. The predicted molar refractivity (Wildman–Crippen MR) is 111 cm³/mol. The van der Waals surface area contributed by atoms with Crippen molar-refractivity contribution in [2.45, 2.75) is 13.5 Å². The third-order valence-corrected chi connectivity index (χ3v) is 5.03. The first-order valence-corrected chi connectivity index (χ1v) is 10.0. The average molecular weight is 422 g/mol. The van der Waals surface area contributed by atoms with Gasteiger partial charge in [-0.3, -0.25) is 9.48 Å². The van der Waals surface area contributed by atoms with Gasteiger partial charge in [0.15, 0.2) is 12.4 Å². The Morgan fingerprint density at radius 1 is 1.20 bits per heavy atom. The number of nitrogens with one attached hydrogen (secondary N) is 1. The highest BCUT2D eigenvalue weighted by Crippen LogP contribution is 2.27. The summed E-state index contributed by atoms with van der Waals surface area (Å²) in [5.74, 6) is -0.299. The van der Waals surface area contributed by atoms with Crippen LogP contribution in [0.3, 0.4) is 0 Å². The van der Waals surface area contributed by atoms with E-state index in [4.69, 9.17) is 9.26 Å². The van der Waals surface area contributed by atoms with Gasteiger partial charge in [0, 0.05) is 12.3 Å². The molecule has 4 aromatic rings. The first kappa shape index (κ1) is 19.6. The lowest BCUT2D eigenvalue weighted by Crippen LogP contribution is -2.21. The van der Waals surface area contributed by atoms with E-state index >= 15 is 0 Å². The Morgan fingerprint density at radius 3 is 2.73 bits per heavy atom. The highest BCUT2D eigenvalue weighted by atomic mass is 32.1. The summed E-state index contributed by atoms with van der Waals surface area (Å²) in [6, 6.07) is 15.2. The molecular weight excluding hydrogens is 404 g/mol. The summed E-state index contributed by atoms with van der Waals surface area (Å²) in [6.45, 7) is 1.78. The zero-order valence-corrected chi connectivity index (χ0v) is 16.9. The Hall–Kier alpha value is -3.72. The number of aryl methyl sites for hydroxylation is 1. The summed E-state index contributed by atoms with van der Waals surface area (Å²) >= 11 is 1.47. The summed E-state index contributed by atoms with van der Waals surface area (Å²) in [6.07, 6.45) is 1.64. The van der Waals surface area contributed by atoms with Crippen molar-refractivity contribution >= 4 is 29.0 Å². The minimum atomic E-state index is -0.621. The van der Waals surface area contributed by atoms with Crippen LogP contribution in [0, 0.1) is 6.92 Å². The summed E-state index contributed by atoms with van der Waals surface area (Å²) < 4.78 is 11.8. The molecule has 9 heteroatoms. The highest BCUT2D eigenvalue weighted by molar-refractivity contribution is 7.13. The topological polar surface area (TPSA) is 99.2 Å². The molecule has 0 bridgehead atoms. The molecule has 1 amide bonds. The van der Waals surface area contributed by atoms with Gasteiger partial charge in [-0.15, -0.1) is 11.3 Å². The molecule has 3 aromatic heterocycles. The van der Waals surface area contributed by atoms with E-state index in [9.17, 15) is 9.59 Å². The normalized spacial score (nSPS) is 10.7. The quantitative estimate of drug-likeness (QED) is 0.456. The van der Waals surface area contributed by atoms with Crippen LogP contribution in [-0.2, 0) is 16.1 Å². The summed E-state index contributed by atoms with van der Waals surface area (Å²) in [5, 5.41) is 12.7.